The first-order valence-electron chi connectivity index (χ1n) is 9.11. The van der Waals surface area contributed by atoms with E-state index in [0.717, 1.165) is 0 Å². The minimum absolute atomic E-state index is 0. The van der Waals surface area contributed by atoms with E-state index in [0.29, 0.717) is 11.1 Å². The summed E-state index contributed by atoms with van der Waals surface area (Å²) >= 11 is 0. The fourth-order valence-corrected chi connectivity index (χ4v) is 2.58. The van der Waals surface area contributed by atoms with Crippen LogP contribution in [0.2, 0.25) is 0 Å². The van der Waals surface area contributed by atoms with Gasteiger partial charge < -0.3 is 0 Å². The number of allylic oxidation sites excluding steroid dienone is 4. The van der Waals surface area contributed by atoms with E-state index < -0.39 is 0 Å². The largest absolute Gasteiger partial charge is 2.00 e. The first-order valence-corrected chi connectivity index (χ1v) is 9.11. The molecule has 0 bridgehead atoms. The van der Waals surface area contributed by atoms with Crippen LogP contribution in [0.1, 0.15) is 11.1 Å². The van der Waals surface area contributed by atoms with Crippen molar-refractivity contribution in [1.82, 2.24) is 0 Å². The molecular weight excluding hydrogens is 483 g/mol. The summed E-state index contributed by atoms with van der Waals surface area (Å²) in [6.45, 7) is 0. The third-order valence-electron chi connectivity index (χ3n) is 4.02. The Morgan fingerprint density at radius 1 is 0.457 bits per heavy atom. The molecule has 9 heteroatoms. The standard InChI is InChI=1S/2C13H5N4.Ni/c2*14-6-11(7-15)13(12(8-16)9-17)10-4-2-1-3-5-10;/h2*1-5H;/q2*-1;+2. The second kappa shape index (κ2) is 15.8. The van der Waals surface area contributed by atoms with Crippen molar-refractivity contribution in [1.29, 1.82) is 42.1 Å². The minimum Gasteiger partial charge on any atom is -0.207 e. The number of hydrogen-bond acceptors (Lipinski definition) is 8. The summed E-state index contributed by atoms with van der Waals surface area (Å²) in [6.07, 6.45) is 0. The fourth-order valence-electron chi connectivity index (χ4n) is 2.58. The van der Waals surface area contributed by atoms with Crippen molar-refractivity contribution in [2.75, 3.05) is 0 Å². The molecule has 0 amide bonds. The Morgan fingerprint density at radius 2 is 0.714 bits per heavy atom. The van der Waals surface area contributed by atoms with Crippen molar-refractivity contribution < 1.29 is 16.5 Å². The van der Waals surface area contributed by atoms with Gasteiger partial charge >= 0.3 is 16.5 Å². The van der Waals surface area contributed by atoms with Gasteiger partial charge in [0.2, 0.25) is 0 Å². The van der Waals surface area contributed by atoms with E-state index in [1.807, 2.05) is 0 Å². The van der Waals surface area contributed by atoms with Gasteiger partial charge in [0.25, 0.3) is 0 Å². The van der Waals surface area contributed by atoms with Crippen molar-refractivity contribution in [2.24, 2.45) is 0 Å². The minimum atomic E-state index is -0.241. The molecule has 0 aromatic heterocycles. The van der Waals surface area contributed by atoms with Crippen LogP contribution in [0.15, 0.2) is 71.8 Å². The van der Waals surface area contributed by atoms with Crippen molar-refractivity contribution in [3.63, 3.8) is 0 Å². The maximum absolute atomic E-state index is 8.84. The Kier molecular flexibility index (Phi) is 13.1. The summed E-state index contributed by atoms with van der Waals surface area (Å²) in [6, 6.07) is 30.4. The van der Waals surface area contributed by atoms with E-state index >= 15 is 0 Å². The summed E-state index contributed by atoms with van der Waals surface area (Å²) in [5, 5.41) is 70.7. The summed E-state index contributed by atoms with van der Waals surface area (Å²) < 4.78 is 0. The second-order valence-corrected chi connectivity index (χ2v) is 5.88. The molecule has 0 unspecified atom stereocenters. The Balaban J connectivity index is 0.000000642. The molecule has 0 saturated heterocycles. The van der Waals surface area contributed by atoms with Crippen molar-refractivity contribution >= 4 is 11.1 Å². The Bertz CT molecular complexity index is 1260. The van der Waals surface area contributed by atoms with Crippen LogP contribution >= 0.6 is 0 Å². The Morgan fingerprint density at radius 3 is 0.914 bits per heavy atom. The van der Waals surface area contributed by atoms with Gasteiger partial charge in [0.15, 0.2) is 0 Å². The van der Waals surface area contributed by atoms with Crippen LogP contribution in [0.25, 0.3) is 11.1 Å². The molecule has 0 atom stereocenters. The van der Waals surface area contributed by atoms with Crippen molar-refractivity contribution in [2.45, 2.75) is 0 Å². The van der Waals surface area contributed by atoms with Crippen LogP contribution in [0.5, 0.6) is 0 Å². The van der Waals surface area contributed by atoms with E-state index in [2.05, 4.69) is 0 Å². The zero-order valence-electron chi connectivity index (χ0n) is 17.7. The van der Waals surface area contributed by atoms with Gasteiger partial charge in [-0.3, -0.25) is 0 Å². The fraction of sp³-hybridized carbons (Fsp3) is 0. The summed E-state index contributed by atoms with van der Waals surface area (Å²) in [5.74, 6) is -0.483. The molecule has 0 aliphatic heterocycles. The summed E-state index contributed by atoms with van der Waals surface area (Å²) in [7, 11) is 0. The number of hydrogen-bond donors (Lipinski definition) is 0. The molecule has 0 heterocycles. The summed E-state index contributed by atoms with van der Waals surface area (Å²) in [4.78, 5) is 0. The smallest absolute Gasteiger partial charge is 0.207 e. The van der Waals surface area contributed by atoms with Crippen LogP contribution < -0.4 is 0 Å². The number of nitriles is 8. The van der Waals surface area contributed by atoms with Crippen LogP contribution in [-0.4, -0.2) is 0 Å². The third kappa shape index (κ3) is 7.61. The maximum atomic E-state index is 8.84. The molecular formula is C26H10N8Ni. The van der Waals surface area contributed by atoms with Gasteiger partial charge in [0.05, 0.1) is 0 Å². The van der Waals surface area contributed by atoms with E-state index in [1.165, 1.54) is 0 Å². The quantitative estimate of drug-likeness (QED) is 0.343. The maximum Gasteiger partial charge on any atom is 2.00 e. The van der Waals surface area contributed by atoms with Crippen molar-refractivity contribution in [3.8, 4) is 48.6 Å². The van der Waals surface area contributed by atoms with Gasteiger partial charge in [0.1, 0.15) is 0 Å². The zero-order valence-corrected chi connectivity index (χ0v) is 18.7. The molecule has 0 spiro atoms. The van der Waals surface area contributed by atoms with E-state index in [1.54, 1.807) is 109 Å². The number of nitrogens with zero attached hydrogens (tertiary/aromatic N) is 8. The topological polar surface area (TPSA) is 190 Å². The zero-order chi connectivity index (χ0) is 25.3. The first-order chi connectivity index (χ1) is 16.6. The monoisotopic (exact) mass is 492 g/mol. The molecule has 2 aromatic carbocycles. The normalized spacial score (nSPS) is 7.54. The molecule has 0 fully saturated rings. The number of rotatable bonds is 4. The Labute approximate surface area is 212 Å². The number of benzene rings is 2. The van der Waals surface area contributed by atoms with Gasteiger partial charge in [0, 0.05) is 71.5 Å². The van der Waals surface area contributed by atoms with Crippen LogP contribution in [0, 0.1) is 102 Å². The van der Waals surface area contributed by atoms with Crippen LogP contribution in [-0.2, 0) is 16.5 Å². The van der Waals surface area contributed by atoms with Crippen LogP contribution in [0.3, 0.4) is 0 Å². The average Bonchev–Trinajstić information content (AvgIpc) is 2.90. The molecule has 0 aliphatic rings. The van der Waals surface area contributed by atoms with E-state index in [9.17, 15) is 0 Å². The molecule has 35 heavy (non-hydrogen) atoms. The first kappa shape index (κ1) is 29.1. The average molecular weight is 493 g/mol. The molecule has 8 nitrogen and oxygen atoms in total. The predicted molar refractivity (Wildman–Crippen MR) is 118 cm³/mol. The predicted octanol–water partition coefficient (Wildman–Crippen LogP) is 4.22. The van der Waals surface area contributed by atoms with Gasteiger partial charge in [-0.25, -0.2) is 42.1 Å². The molecule has 0 saturated carbocycles. The molecule has 0 aliphatic carbocycles. The SMILES string of the molecule is N#CC(C#N)=C(c1ccccc1)[C-](C#N)C#N.N#CC(C#N)=C(c1ccccc1)[C-](C#N)C#N.[Ni+2]. The molecule has 0 radical (unpaired) electrons. The van der Waals surface area contributed by atoms with Gasteiger partial charge in [-0.2, -0.15) is 0 Å². The summed E-state index contributed by atoms with van der Waals surface area (Å²) in [5.41, 5.74) is 0.692. The van der Waals surface area contributed by atoms with Gasteiger partial charge in [-0.05, 0) is 0 Å². The van der Waals surface area contributed by atoms with E-state index in [4.69, 9.17) is 42.1 Å². The molecule has 164 valence electrons. The van der Waals surface area contributed by atoms with Gasteiger partial charge in [-0.15, -0.1) is 46.5 Å². The third-order valence-corrected chi connectivity index (χ3v) is 4.02. The van der Waals surface area contributed by atoms with Gasteiger partial charge in [-0.1, -0.05) is 36.4 Å². The second-order valence-electron chi connectivity index (χ2n) is 5.88. The Hall–Kier alpha value is -5.93. The van der Waals surface area contributed by atoms with Crippen molar-refractivity contribution in [3.05, 3.63) is 94.8 Å². The molecule has 0 N–H and O–H groups in total. The van der Waals surface area contributed by atoms with Crippen LogP contribution in [0.4, 0.5) is 0 Å². The van der Waals surface area contributed by atoms with E-state index in [-0.39, 0.29) is 50.6 Å². The molecule has 2 aromatic rings. The molecule has 2 rings (SSSR count).